The zero-order chi connectivity index (χ0) is 23.0. The second-order valence-corrected chi connectivity index (χ2v) is 7.87. The summed E-state index contributed by atoms with van der Waals surface area (Å²) < 4.78 is 26.4. The minimum atomic E-state index is -1.76. The zero-order valence-electron chi connectivity index (χ0n) is 16.6. The van der Waals surface area contributed by atoms with E-state index in [0.717, 1.165) is 0 Å². The van der Waals surface area contributed by atoms with Crippen LogP contribution in [-0.2, 0) is 23.7 Å². The van der Waals surface area contributed by atoms with Gasteiger partial charge in [0.05, 0.1) is 19.3 Å². The van der Waals surface area contributed by atoms with E-state index in [1.165, 1.54) is 6.92 Å². The van der Waals surface area contributed by atoms with E-state index < -0.39 is 92.6 Å². The molecule has 0 amide bonds. The Balaban J connectivity index is 1.65. The van der Waals surface area contributed by atoms with E-state index in [0.29, 0.717) is 0 Å². The topological polar surface area (TPSA) is 228 Å². The van der Waals surface area contributed by atoms with E-state index in [9.17, 15) is 46.0 Å². The van der Waals surface area contributed by atoms with Crippen LogP contribution in [0.3, 0.4) is 0 Å². The molecule has 0 radical (unpaired) electrons. The van der Waals surface area contributed by atoms with Gasteiger partial charge in [0.1, 0.15) is 61.0 Å². The summed E-state index contributed by atoms with van der Waals surface area (Å²) in [6.45, 7) is 0.423. The highest BCUT2D eigenvalue weighted by atomic mass is 16.8. The first kappa shape index (κ1) is 25.1. The van der Waals surface area contributed by atoms with E-state index >= 15 is 0 Å². The van der Waals surface area contributed by atoms with Gasteiger partial charge in [-0.3, -0.25) is 0 Å². The van der Waals surface area contributed by atoms with Crippen molar-refractivity contribution in [2.75, 3.05) is 13.2 Å². The molecule has 31 heavy (non-hydrogen) atoms. The van der Waals surface area contributed by atoms with Crippen molar-refractivity contribution >= 4 is 0 Å². The Bertz CT molecular complexity index is 579. The van der Waals surface area contributed by atoms with Crippen LogP contribution in [0.15, 0.2) is 0 Å². The monoisotopic (exact) mass is 458 g/mol. The molecule has 0 aromatic rings. The molecule has 0 aromatic heterocycles. The quantitative estimate of drug-likeness (QED) is 0.187. The van der Waals surface area contributed by atoms with Crippen LogP contribution in [0.2, 0.25) is 0 Å². The zero-order valence-corrected chi connectivity index (χ0v) is 16.6. The van der Waals surface area contributed by atoms with E-state index in [1.54, 1.807) is 0 Å². The number of hydrogen-bond donors (Lipinski definition) is 9. The molecule has 14 nitrogen and oxygen atoms in total. The first-order valence-electron chi connectivity index (χ1n) is 9.85. The third kappa shape index (κ3) is 5.02. The predicted octanol–water partition coefficient (Wildman–Crippen LogP) is -5.91. The van der Waals surface area contributed by atoms with E-state index in [2.05, 4.69) is 0 Å². The second-order valence-electron chi connectivity index (χ2n) is 7.87. The third-order valence-electron chi connectivity index (χ3n) is 5.66. The van der Waals surface area contributed by atoms with Crippen molar-refractivity contribution in [2.45, 2.75) is 92.9 Å². The molecule has 3 saturated heterocycles. The number of hydrogen-bond acceptors (Lipinski definition) is 14. The van der Waals surface area contributed by atoms with Crippen molar-refractivity contribution in [3.8, 4) is 0 Å². The second kappa shape index (κ2) is 10.1. The Labute approximate surface area is 176 Å². The van der Waals surface area contributed by atoms with Crippen LogP contribution in [0.1, 0.15) is 6.92 Å². The standard InChI is InChI=1S/C17H30O14/c1-4-13(30-17-11(24)9(22)8(21)6(2-18)29-17)10(23)12(25)16(28-4)31-14-7(20)5(19)3-27-15(14)26/h4-26H,2-3H2,1H3/t4-,5-,6+,7-,8-,9-,10-,11+,12+,13-,14+,15+,16-,17-/m0/s1. The summed E-state index contributed by atoms with van der Waals surface area (Å²) in [5.41, 5.74) is 0. The molecule has 9 N–H and O–H groups in total. The van der Waals surface area contributed by atoms with Crippen molar-refractivity contribution < 1.29 is 69.6 Å². The van der Waals surface area contributed by atoms with Crippen molar-refractivity contribution in [2.24, 2.45) is 0 Å². The summed E-state index contributed by atoms with van der Waals surface area (Å²) >= 11 is 0. The highest BCUT2D eigenvalue weighted by Gasteiger charge is 2.51. The average molecular weight is 458 g/mol. The van der Waals surface area contributed by atoms with Gasteiger partial charge in [-0.25, -0.2) is 0 Å². The minimum absolute atomic E-state index is 0.329. The molecule has 3 heterocycles. The fraction of sp³-hybridized carbons (Fsp3) is 1.00. The van der Waals surface area contributed by atoms with Gasteiger partial charge in [-0.05, 0) is 6.92 Å². The maximum absolute atomic E-state index is 10.5. The van der Waals surface area contributed by atoms with Crippen LogP contribution < -0.4 is 0 Å². The van der Waals surface area contributed by atoms with E-state index in [-0.39, 0.29) is 6.61 Å². The van der Waals surface area contributed by atoms with Crippen molar-refractivity contribution in [1.29, 1.82) is 0 Å². The lowest BCUT2D eigenvalue weighted by Gasteiger charge is -2.46. The lowest BCUT2D eigenvalue weighted by Crippen LogP contribution is -2.65. The lowest BCUT2D eigenvalue weighted by atomic mass is 9.97. The molecule has 182 valence electrons. The number of ether oxygens (including phenoxy) is 5. The van der Waals surface area contributed by atoms with Crippen LogP contribution in [0.25, 0.3) is 0 Å². The molecule has 0 aromatic carbocycles. The van der Waals surface area contributed by atoms with Gasteiger partial charge >= 0.3 is 0 Å². The van der Waals surface area contributed by atoms with Gasteiger partial charge in [-0.1, -0.05) is 0 Å². The van der Waals surface area contributed by atoms with Crippen LogP contribution in [0.4, 0.5) is 0 Å². The molecule has 3 rings (SSSR count). The molecule has 3 aliphatic heterocycles. The Kier molecular flexibility index (Phi) is 8.21. The largest absolute Gasteiger partial charge is 0.394 e. The summed E-state index contributed by atoms with van der Waals surface area (Å²) in [6.07, 6.45) is -21.1. The SMILES string of the molecule is C[C@@H]1O[C@@H](O[C@@H]2[C@@H](O)[C@@H](O)CO[C@H]2O)[C@H](O)[C@H](O)[C@H]1O[C@@H]1O[C@H](CO)[C@H](O)[C@H](O)[C@H]1O. The minimum Gasteiger partial charge on any atom is -0.394 e. The van der Waals surface area contributed by atoms with Gasteiger partial charge in [-0.15, -0.1) is 0 Å². The molecule has 3 fully saturated rings. The number of aliphatic hydroxyl groups is 9. The Morgan fingerprint density at radius 2 is 1.29 bits per heavy atom. The van der Waals surface area contributed by atoms with Crippen LogP contribution >= 0.6 is 0 Å². The predicted molar refractivity (Wildman–Crippen MR) is 93.8 cm³/mol. The molecular weight excluding hydrogens is 428 g/mol. The highest BCUT2D eigenvalue weighted by molar-refractivity contribution is 4.94. The molecule has 3 aliphatic rings. The third-order valence-corrected chi connectivity index (χ3v) is 5.66. The molecular formula is C17H30O14. The molecule has 14 atom stereocenters. The highest BCUT2D eigenvalue weighted by Crippen LogP contribution is 2.31. The summed E-state index contributed by atoms with van der Waals surface area (Å²) in [7, 11) is 0. The maximum Gasteiger partial charge on any atom is 0.187 e. The fourth-order valence-electron chi connectivity index (χ4n) is 3.72. The van der Waals surface area contributed by atoms with Crippen LogP contribution in [0.5, 0.6) is 0 Å². The molecule has 0 bridgehead atoms. The molecule has 0 aliphatic carbocycles. The Morgan fingerprint density at radius 3 is 1.94 bits per heavy atom. The lowest BCUT2D eigenvalue weighted by molar-refractivity contribution is -0.373. The van der Waals surface area contributed by atoms with Gasteiger partial charge in [0, 0.05) is 0 Å². The molecule has 0 spiro atoms. The molecule has 0 unspecified atom stereocenters. The Hall–Kier alpha value is -0.560. The van der Waals surface area contributed by atoms with Gasteiger partial charge in [0.25, 0.3) is 0 Å². The first-order valence-corrected chi connectivity index (χ1v) is 9.85. The summed E-state index contributed by atoms with van der Waals surface area (Å²) in [6, 6.07) is 0. The van der Waals surface area contributed by atoms with Crippen molar-refractivity contribution in [1.82, 2.24) is 0 Å². The number of aliphatic hydroxyl groups excluding tert-OH is 9. The summed E-state index contributed by atoms with van der Waals surface area (Å²) in [5.74, 6) is 0. The van der Waals surface area contributed by atoms with Crippen LogP contribution in [0, 0.1) is 0 Å². The average Bonchev–Trinajstić information content (AvgIpc) is 2.74. The van der Waals surface area contributed by atoms with Gasteiger partial charge in [0.2, 0.25) is 0 Å². The molecule has 14 heteroatoms. The van der Waals surface area contributed by atoms with Gasteiger partial charge in [0.15, 0.2) is 18.9 Å². The van der Waals surface area contributed by atoms with Crippen molar-refractivity contribution in [3.05, 3.63) is 0 Å². The normalized spacial score (nSPS) is 54.0. The summed E-state index contributed by atoms with van der Waals surface area (Å²) in [4.78, 5) is 0. The fourth-order valence-corrected chi connectivity index (χ4v) is 3.72. The van der Waals surface area contributed by atoms with Gasteiger partial charge in [-0.2, -0.15) is 0 Å². The Morgan fingerprint density at radius 1 is 0.710 bits per heavy atom. The van der Waals surface area contributed by atoms with Crippen LogP contribution in [-0.4, -0.2) is 145 Å². The number of rotatable bonds is 5. The molecule has 0 saturated carbocycles. The van der Waals surface area contributed by atoms with E-state index in [4.69, 9.17) is 23.7 Å². The summed E-state index contributed by atoms with van der Waals surface area (Å²) in [5, 5.41) is 89.5. The maximum atomic E-state index is 10.5. The van der Waals surface area contributed by atoms with E-state index in [1.807, 2.05) is 0 Å². The van der Waals surface area contributed by atoms with Crippen molar-refractivity contribution in [3.63, 3.8) is 0 Å². The van der Waals surface area contributed by atoms with Gasteiger partial charge < -0.3 is 69.6 Å². The smallest absolute Gasteiger partial charge is 0.187 e. The first-order chi connectivity index (χ1) is 14.6.